The molecule has 3 nitrogen and oxygen atoms in total. The molecule has 0 unspecified atom stereocenters. The van der Waals surface area contributed by atoms with Crippen molar-refractivity contribution in [2.75, 3.05) is 17.7 Å². The number of nitrogen functional groups attached to an aromatic ring is 1. The van der Waals surface area contributed by atoms with E-state index in [1.54, 1.807) is 12.4 Å². The number of nitrogens with zero attached hydrogens (tertiary/aromatic N) is 2. The SMILES string of the molecule is CN(Cc1ccccc1)c1ccncc1N. The van der Waals surface area contributed by atoms with Crippen LogP contribution in [-0.4, -0.2) is 12.0 Å². The van der Waals surface area contributed by atoms with Gasteiger partial charge in [0.2, 0.25) is 0 Å². The molecule has 16 heavy (non-hydrogen) atoms. The van der Waals surface area contributed by atoms with Crippen LogP contribution in [0.1, 0.15) is 5.56 Å². The number of hydrogen-bond acceptors (Lipinski definition) is 3. The normalized spacial score (nSPS) is 10.1. The van der Waals surface area contributed by atoms with Gasteiger partial charge >= 0.3 is 0 Å². The predicted molar refractivity (Wildman–Crippen MR) is 67.2 cm³/mol. The van der Waals surface area contributed by atoms with Crippen LogP contribution in [0.3, 0.4) is 0 Å². The average molecular weight is 213 g/mol. The lowest BCUT2D eigenvalue weighted by atomic mass is 10.2. The fourth-order valence-corrected chi connectivity index (χ4v) is 1.69. The topological polar surface area (TPSA) is 42.2 Å². The lowest BCUT2D eigenvalue weighted by Gasteiger charge is -2.20. The van der Waals surface area contributed by atoms with Crippen molar-refractivity contribution in [3.8, 4) is 0 Å². The molecule has 2 N–H and O–H groups in total. The molecule has 0 saturated carbocycles. The van der Waals surface area contributed by atoms with E-state index in [0.29, 0.717) is 5.69 Å². The lowest BCUT2D eigenvalue weighted by Crippen LogP contribution is -2.17. The Hall–Kier alpha value is -2.03. The second kappa shape index (κ2) is 4.66. The summed E-state index contributed by atoms with van der Waals surface area (Å²) in [4.78, 5) is 6.10. The van der Waals surface area contributed by atoms with Crippen molar-refractivity contribution in [2.24, 2.45) is 0 Å². The van der Waals surface area contributed by atoms with Crippen LogP contribution in [0.15, 0.2) is 48.8 Å². The zero-order chi connectivity index (χ0) is 11.4. The predicted octanol–water partition coefficient (Wildman–Crippen LogP) is 2.30. The largest absolute Gasteiger partial charge is 0.396 e. The summed E-state index contributed by atoms with van der Waals surface area (Å²) in [7, 11) is 2.03. The van der Waals surface area contributed by atoms with E-state index in [4.69, 9.17) is 5.73 Å². The number of nitrogens with two attached hydrogens (primary N) is 1. The van der Waals surface area contributed by atoms with Crippen LogP contribution >= 0.6 is 0 Å². The summed E-state index contributed by atoms with van der Waals surface area (Å²) < 4.78 is 0. The van der Waals surface area contributed by atoms with Gasteiger partial charge in [0.15, 0.2) is 0 Å². The van der Waals surface area contributed by atoms with Crippen molar-refractivity contribution >= 4 is 11.4 Å². The zero-order valence-electron chi connectivity index (χ0n) is 9.30. The van der Waals surface area contributed by atoms with Gasteiger partial charge in [-0.1, -0.05) is 30.3 Å². The highest BCUT2D eigenvalue weighted by atomic mass is 15.1. The van der Waals surface area contributed by atoms with Crippen LogP contribution in [0.2, 0.25) is 0 Å². The maximum Gasteiger partial charge on any atom is 0.0738 e. The fourth-order valence-electron chi connectivity index (χ4n) is 1.69. The molecule has 0 radical (unpaired) electrons. The van der Waals surface area contributed by atoms with Gasteiger partial charge in [0.05, 0.1) is 17.6 Å². The molecule has 1 aromatic heterocycles. The molecule has 0 saturated heterocycles. The Morgan fingerprint density at radius 2 is 1.94 bits per heavy atom. The van der Waals surface area contributed by atoms with Gasteiger partial charge in [-0.3, -0.25) is 4.98 Å². The third-order valence-electron chi connectivity index (χ3n) is 2.50. The van der Waals surface area contributed by atoms with Gasteiger partial charge in [-0.05, 0) is 11.6 Å². The van der Waals surface area contributed by atoms with E-state index in [1.807, 2.05) is 31.3 Å². The van der Waals surface area contributed by atoms with Crippen LogP contribution in [0, 0.1) is 0 Å². The van der Waals surface area contributed by atoms with E-state index in [9.17, 15) is 0 Å². The molecule has 3 heteroatoms. The Kier molecular flexibility index (Phi) is 3.05. The molecule has 2 aromatic rings. The molecule has 0 aliphatic heterocycles. The van der Waals surface area contributed by atoms with Crippen molar-refractivity contribution in [1.29, 1.82) is 0 Å². The first-order valence-corrected chi connectivity index (χ1v) is 5.22. The number of hydrogen-bond donors (Lipinski definition) is 1. The van der Waals surface area contributed by atoms with E-state index in [2.05, 4.69) is 22.0 Å². The highest BCUT2D eigenvalue weighted by Crippen LogP contribution is 2.21. The molecule has 1 aromatic carbocycles. The molecular weight excluding hydrogens is 198 g/mol. The molecule has 0 amide bonds. The molecule has 0 aliphatic carbocycles. The van der Waals surface area contributed by atoms with Crippen molar-refractivity contribution < 1.29 is 0 Å². The second-order valence-corrected chi connectivity index (χ2v) is 3.78. The van der Waals surface area contributed by atoms with Gasteiger partial charge in [0.1, 0.15) is 0 Å². The second-order valence-electron chi connectivity index (χ2n) is 3.78. The minimum absolute atomic E-state index is 0.709. The van der Waals surface area contributed by atoms with E-state index in [-0.39, 0.29) is 0 Å². The van der Waals surface area contributed by atoms with E-state index < -0.39 is 0 Å². The Morgan fingerprint density at radius 3 is 2.62 bits per heavy atom. The smallest absolute Gasteiger partial charge is 0.0738 e. The Morgan fingerprint density at radius 1 is 1.19 bits per heavy atom. The van der Waals surface area contributed by atoms with E-state index in [1.165, 1.54) is 5.56 Å². The molecule has 0 fully saturated rings. The van der Waals surface area contributed by atoms with Gasteiger partial charge in [-0.15, -0.1) is 0 Å². The van der Waals surface area contributed by atoms with Crippen molar-refractivity contribution in [2.45, 2.75) is 6.54 Å². The maximum atomic E-state index is 5.87. The van der Waals surface area contributed by atoms with Gasteiger partial charge in [0.25, 0.3) is 0 Å². The standard InChI is InChI=1S/C13H15N3/c1-16(10-11-5-3-2-4-6-11)13-7-8-15-9-12(13)14/h2-9H,10,14H2,1H3. The molecule has 0 aliphatic rings. The minimum Gasteiger partial charge on any atom is -0.396 e. The van der Waals surface area contributed by atoms with Crippen molar-refractivity contribution in [3.05, 3.63) is 54.4 Å². The number of anilines is 2. The first-order chi connectivity index (χ1) is 7.77. The van der Waals surface area contributed by atoms with Crippen LogP contribution < -0.4 is 10.6 Å². The van der Waals surface area contributed by atoms with Crippen molar-refractivity contribution in [3.63, 3.8) is 0 Å². The third-order valence-corrected chi connectivity index (χ3v) is 2.50. The van der Waals surface area contributed by atoms with Gasteiger partial charge in [-0.25, -0.2) is 0 Å². The van der Waals surface area contributed by atoms with Crippen molar-refractivity contribution in [1.82, 2.24) is 4.98 Å². The maximum absolute atomic E-state index is 5.87. The Bertz CT molecular complexity index is 454. The first kappa shape index (κ1) is 10.5. The summed E-state index contributed by atoms with van der Waals surface area (Å²) in [5.74, 6) is 0. The number of benzene rings is 1. The Balaban J connectivity index is 2.15. The number of rotatable bonds is 3. The summed E-state index contributed by atoms with van der Waals surface area (Å²) in [6.07, 6.45) is 3.43. The molecule has 1 heterocycles. The third kappa shape index (κ3) is 2.31. The minimum atomic E-state index is 0.709. The number of pyridine rings is 1. The molecular formula is C13H15N3. The molecule has 0 bridgehead atoms. The van der Waals surface area contributed by atoms with Crippen LogP contribution in [0.4, 0.5) is 11.4 Å². The van der Waals surface area contributed by atoms with Crippen LogP contribution in [0.5, 0.6) is 0 Å². The Labute approximate surface area is 95.5 Å². The highest BCUT2D eigenvalue weighted by molar-refractivity contribution is 5.65. The van der Waals surface area contributed by atoms with Crippen LogP contribution in [0.25, 0.3) is 0 Å². The van der Waals surface area contributed by atoms with Gasteiger partial charge in [0, 0.05) is 19.8 Å². The summed E-state index contributed by atoms with van der Waals surface area (Å²) in [5, 5.41) is 0. The molecule has 0 spiro atoms. The average Bonchev–Trinajstić information content (AvgIpc) is 2.31. The highest BCUT2D eigenvalue weighted by Gasteiger charge is 2.04. The number of aromatic nitrogens is 1. The van der Waals surface area contributed by atoms with Gasteiger partial charge in [-0.2, -0.15) is 0 Å². The lowest BCUT2D eigenvalue weighted by molar-refractivity contribution is 0.923. The monoisotopic (exact) mass is 213 g/mol. The first-order valence-electron chi connectivity index (χ1n) is 5.22. The zero-order valence-corrected chi connectivity index (χ0v) is 9.30. The summed E-state index contributed by atoms with van der Waals surface area (Å²) in [6, 6.07) is 12.2. The molecule has 0 atom stereocenters. The van der Waals surface area contributed by atoms with E-state index >= 15 is 0 Å². The fraction of sp³-hybridized carbons (Fsp3) is 0.154. The molecule has 82 valence electrons. The quantitative estimate of drug-likeness (QED) is 0.850. The summed E-state index contributed by atoms with van der Waals surface area (Å²) >= 11 is 0. The van der Waals surface area contributed by atoms with E-state index in [0.717, 1.165) is 12.2 Å². The summed E-state index contributed by atoms with van der Waals surface area (Å²) in [6.45, 7) is 0.842. The van der Waals surface area contributed by atoms with Gasteiger partial charge < -0.3 is 10.6 Å². The summed E-state index contributed by atoms with van der Waals surface area (Å²) in [5.41, 5.74) is 8.86. The van der Waals surface area contributed by atoms with Crippen LogP contribution in [-0.2, 0) is 6.54 Å². The molecule has 2 rings (SSSR count).